The molecule has 5 heteroatoms. The van der Waals surface area contributed by atoms with Crippen LogP contribution in [0.25, 0.3) is 0 Å². The normalized spacial score (nSPS) is 14.3. The molecule has 0 aromatic heterocycles. The van der Waals surface area contributed by atoms with Crippen molar-refractivity contribution in [1.82, 2.24) is 4.90 Å². The van der Waals surface area contributed by atoms with E-state index in [0.717, 1.165) is 37.2 Å². The fourth-order valence-corrected chi connectivity index (χ4v) is 2.42. The van der Waals surface area contributed by atoms with Crippen LogP contribution in [0, 0.1) is 6.92 Å². The number of aromatic carboxylic acids is 1. The summed E-state index contributed by atoms with van der Waals surface area (Å²) in [6.07, 6.45) is 2.68. The van der Waals surface area contributed by atoms with Crippen molar-refractivity contribution in [3.63, 3.8) is 0 Å². The molecule has 1 saturated heterocycles. The molecule has 0 aliphatic carbocycles. The average Bonchev–Trinajstić information content (AvgIpc) is 2.94. The summed E-state index contributed by atoms with van der Waals surface area (Å²) in [5, 5.41) is 12.1. The van der Waals surface area contributed by atoms with E-state index in [2.05, 4.69) is 5.32 Å². The van der Waals surface area contributed by atoms with Gasteiger partial charge in [0, 0.05) is 31.7 Å². The summed E-state index contributed by atoms with van der Waals surface area (Å²) in [5.74, 6) is -0.737. The van der Waals surface area contributed by atoms with Gasteiger partial charge in [-0.25, -0.2) is 4.79 Å². The number of hydrogen-bond donors (Lipinski definition) is 2. The Balaban J connectivity index is 1.84. The Kier molecular flexibility index (Phi) is 4.61. The van der Waals surface area contributed by atoms with Crippen molar-refractivity contribution in [1.29, 1.82) is 0 Å². The minimum atomic E-state index is -0.927. The number of aryl methyl sites for hydroxylation is 1. The predicted octanol–water partition coefficient (Wildman–Crippen LogP) is 2.12. The van der Waals surface area contributed by atoms with Crippen LogP contribution in [0.1, 0.15) is 35.2 Å². The predicted molar refractivity (Wildman–Crippen MR) is 77.1 cm³/mol. The van der Waals surface area contributed by atoms with Crippen LogP contribution in [-0.4, -0.2) is 41.5 Å². The number of benzene rings is 1. The lowest BCUT2D eigenvalue weighted by Gasteiger charge is -2.16. The molecule has 1 aromatic rings. The van der Waals surface area contributed by atoms with E-state index in [-0.39, 0.29) is 11.5 Å². The number of carbonyl (C=O) groups excluding carboxylic acids is 1. The smallest absolute Gasteiger partial charge is 0.335 e. The number of rotatable bonds is 5. The van der Waals surface area contributed by atoms with E-state index in [9.17, 15) is 9.59 Å². The number of carboxylic acids is 1. The van der Waals surface area contributed by atoms with Gasteiger partial charge in [0.2, 0.25) is 5.91 Å². The Morgan fingerprint density at radius 1 is 1.30 bits per heavy atom. The van der Waals surface area contributed by atoms with Crippen LogP contribution in [0.4, 0.5) is 5.69 Å². The summed E-state index contributed by atoms with van der Waals surface area (Å²) in [7, 11) is 0. The molecule has 1 amide bonds. The zero-order chi connectivity index (χ0) is 14.5. The molecule has 0 bridgehead atoms. The van der Waals surface area contributed by atoms with Crippen LogP contribution in [-0.2, 0) is 4.79 Å². The van der Waals surface area contributed by atoms with E-state index in [0.29, 0.717) is 13.0 Å². The summed E-state index contributed by atoms with van der Waals surface area (Å²) >= 11 is 0. The SMILES string of the molecule is Cc1cc(C(=O)O)ccc1NCCC(=O)N1CCCC1. The highest BCUT2D eigenvalue weighted by Gasteiger charge is 2.17. The Labute approximate surface area is 118 Å². The van der Waals surface area contributed by atoms with E-state index in [1.165, 1.54) is 0 Å². The second kappa shape index (κ2) is 6.41. The van der Waals surface area contributed by atoms with Gasteiger partial charge in [-0.2, -0.15) is 0 Å². The second-order valence-electron chi connectivity index (χ2n) is 5.10. The second-order valence-corrected chi connectivity index (χ2v) is 5.10. The van der Waals surface area contributed by atoms with Crippen molar-refractivity contribution in [2.45, 2.75) is 26.2 Å². The maximum Gasteiger partial charge on any atom is 0.335 e. The molecule has 108 valence electrons. The maximum atomic E-state index is 11.9. The van der Waals surface area contributed by atoms with Gasteiger partial charge in [-0.15, -0.1) is 0 Å². The molecule has 20 heavy (non-hydrogen) atoms. The quantitative estimate of drug-likeness (QED) is 0.864. The fourth-order valence-electron chi connectivity index (χ4n) is 2.42. The topological polar surface area (TPSA) is 69.6 Å². The van der Waals surface area contributed by atoms with Crippen LogP contribution in [0.15, 0.2) is 18.2 Å². The minimum Gasteiger partial charge on any atom is -0.478 e. The molecule has 1 heterocycles. The van der Waals surface area contributed by atoms with E-state index in [4.69, 9.17) is 5.11 Å². The Bertz CT molecular complexity index is 508. The molecule has 1 aliphatic rings. The number of nitrogens with zero attached hydrogens (tertiary/aromatic N) is 1. The third-order valence-corrected chi connectivity index (χ3v) is 3.59. The molecular weight excluding hydrogens is 256 g/mol. The molecular formula is C15H20N2O3. The van der Waals surface area contributed by atoms with E-state index < -0.39 is 5.97 Å². The summed E-state index contributed by atoms with van der Waals surface area (Å²) in [6.45, 7) is 4.19. The monoisotopic (exact) mass is 276 g/mol. The molecule has 0 atom stereocenters. The van der Waals surface area contributed by atoms with Gasteiger partial charge in [0.1, 0.15) is 0 Å². The average molecular weight is 276 g/mol. The van der Waals surface area contributed by atoms with Crippen molar-refractivity contribution in [2.75, 3.05) is 25.0 Å². The van der Waals surface area contributed by atoms with Gasteiger partial charge in [0.05, 0.1) is 5.56 Å². The number of carboxylic acid groups (broad SMARTS) is 1. The molecule has 0 radical (unpaired) electrons. The van der Waals surface area contributed by atoms with Crippen molar-refractivity contribution in [3.8, 4) is 0 Å². The van der Waals surface area contributed by atoms with E-state index >= 15 is 0 Å². The first-order valence-electron chi connectivity index (χ1n) is 6.93. The molecule has 2 rings (SSSR count). The van der Waals surface area contributed by atoms with Gasteiger partial charge < -0.3 is 15.3 Å². The third kappa shape index (κ3) is 3.50. The highest BCUT2D eigenvalue weighted by atomic mass is 16.4. The first-order valence-corrected chi connectivity index (χ1v) is 6.93. The number of anilines is 1. The zero-order valence-corrected chi connectivity index (χ0v) is 11.7. The molecule has 1 aliphatic heterocycles. The van der Waals surface area contributed by atoms with Gasteiger partial charge >= 0.3 is 5.97 Å². The summed E-state index contributed by atoms with van der Waals surface area (Å²) in [6, 6.07) is 4.95. The van der Waals surface area contributed by atoms with Crippen molar-refractivity contribution in [3.05, 3.63) is 29.3 Å². The third-order valence-electron chi connectivity index (χ3n) is 3.59. The minimum absolute atomic E-state index is 0.190. The molecule has 0 saturated carbocycles. The van der Waals surface area contributed by atoms with Gasteiger partial charge in [0.25, 0.3) is 0 Å². The summed E-state index contributed by atoms with van der Waals surface area (Å²) in [5.41, 5.74) is 2.03. The molecule has 0 spiro atoms. The molecule has 5 nitrogen and oxygen atoms in total. The number of nitrogens with one attached hydrogen (secondary N) is 1. The standard InChI is InChI=1S/C15H20N2O3/c1-11-10-12(15(19)20)4-5-13(11)16-7-6-14(18)17-8-2-3-9-17/h4-5,10,16H,2-3,6-9H2,1H3,(H,19,20). The number of amides is 1. The lowest BCUT2D eigenvalue weighted by atomic mass is 10.1. The first kappa shape index (κ1) is 14.4. The van der Waals surface area contributed by atoms with Crippen LogP contribution in [0.3, 0.4) is 0 Å². The Morgan fingerprint density at radius 3 is 2.60 bits per heavy atom. The van der Waals surface area contributed by atoms with Crippen molar-refractivity contribution < 1.29 is 14.7 Å². The lowest BCUT2D eigenvalue weighted by molar-refractivity contribution is -0.129. The lowest BCUT2D eigenvalue weighted by Crippen LogP contribution is -2.29. The summed E-state index contributed by atoms with van der Waals surface area (Å²) in [4.78, 5) is 24.6. The molecule has 1 fully saturated rings. The zero-order valence-electron chi connectivity index (χ0n) is 11.7. The van der Waals surface area contributed by atoms with Gasteiger partial charge in [-0.05, 0) is 43.5 Å². The Morgan fingerprint density at radius 2 is 2.00 bits per heavy atom. The molecule has 2 N–H and O–H groups in total. The Hall–Kier alpha value is -2.04. The highest BCUT2D eigenvalue weighted by molar-refractivity contribution is 5.88. The number of likely N-dealkylation sites (tertiary alicyclic amines) is 1. The molecule has 1 aromatic carbocycles. The maximum absolute atomic E-state index is 11.9. The largest absolute Gasteiger partial charge is 0.478 e. The van der Waals surface area contributed by atoms with Gasteiger partial charge in [0.15, 0.2) is 0 Å². The van der Waals surface area contributed by atoms with Crippen LogP contribution < -0.4 is 5.32 Å². The fraction of sp³-hybridized carbons (Fsp3) is 0.467. The van der Waals surface area contributed by atoms with Crippen LogP contribution in [0.5, 0.6) is 0 Å². The highest BCUT2D eigenvalue weighted by Crippen LogP contribution is 2.17. The molecule has 0 unspecified atom stereocenters. The van der Waals surface area contributed by atoms with Gasteiger partial charge in [-0.3, -0.25) is 4.79 Å². The summed E-state index contributed by atoms with van der Waals surface area (Å²) < 4.78 is 0. The van der Waals surface area contributed by atoms with Crippen LogP contribution >= 0.6 is 0 Å². The number of carbonyl (C=O) groups is 2. The van der Waals surface area contributed by atoms with Crippen molar-refractivity contribution in [2.24, 2.45) is 0 Å². The van der Waals surface area contributed by atoms with Gasteiger partial charge in [-0.1, -0.05) is 0 Å². The van der Waals surface area contributed by atoms with Crippen LogP contribution in [0.2, 0.25) is 0 Å². The van der Waals surface area contributed by atoms with Crippen molar-refractivity contribution >= 4 is 17.6 Å². The first-order chi connectivity index (χ1) is 9.58. The van der Waals surface area contributed by atoms with E-state index in [1.807, 2.05) is 11.8 Å². The van der Waals surface area contributed by atoms with E-state index in [1.54, 1.807) is 18.2 Å². The number of hydrogen-bond acceptors (Lipinski definition) is 3.